The van der Waals surface area contributed by atoms with Crippen LogP contribution < -0.4 is 21.3 Å². The number of rotatable bonds is 5. The molecule has 1 amide bonds. The number of methoxy groups -OCH3 is 1. The molecule has 0 unspecified atom stereocenters. The first-order valence-electron chi connectivity index (χ1n) is 9.31. The van der Waals surface area contributed by atoms with Crippen LogP contribution in [0, 0.1) is 6.92 Å². The standard InChI is InChI=1S/C20H20N6O4S/c1-11-7-12(5-6-14(11)30-4)13-9-31-19(22-13)23-15(27)8-26-10-21-17-16(26)18(28)25(3)20(29)24(17)2/h5-7,9-10H,8H2,1-4H3,(H,22,23,27). The predicted molar refractivity (Wildman–Crippen MR) is 118 cm³/mol. The number of hydrogen-bond acceptors (Lipinski definition) is 7. The number of thiazole rings is 1. The zero-order chi connectivity index (χ0) is 22.3. The summed E-state index contributed by atoms with van der Waals surface area (Å²) < 4.78 is 8.96. The molecule has 0 aliphatic carbocycles. The Bertz CT molecular complexity index is 1430. The Morgan fingerprint density at radius 2 is 2.00 bits per heavy atom. The molecule has 0 fully saturated rings. The highest BCUT2D eigenvalue weighted by molar-refractivity contribution is 7.14. The lowest BCUT2D eigenvalue weighted by Crippen LogP contribution is -2.37. The van der Waals surface area contributed by atoms with Crippen molar-refractivity contribution >= 4 is 33.5 Å². The van der Waals surface area contributed by atoms with E-state index in [4.69, 9.17) is 4.74 Å². The summed E-state index contributed by atoms with van der Waals surface area (Å²) in [6.45, 7) is 1.81. The molecule has 3 aromatic heterocycles. The third-order valence-electron chi connectivity index (χ3n) is 4.97. The highest BCUT2D eigenvalue weighted by Gasteiger charge is 2.17. The number of ether oxygens (including phenoxy) is 1. The maximum absolute atomic E-state index is 12.6. The Morgan fingerprint density at radius 1 is 1.23 bits per heavy atom. The van der Waals surface area contributed by atoms with Gasteiger partial charge in [-0.2, -0.15) is 0 Å². The lowest BCUT2D eigenvalue weighted by Gasteiger charge is -2.07. The minimum absolute atomic E-state index is 0.138. The second kappa shape index (κ2) is 7.84. The lowest BCUT2D eigenvalue weighted by molar-refractivity contribution is -0.116. The van der Waals surface area contributed by atoms with E-state index < -0.39 is 11.2 Å². The smallest absolute Gasteiger partial charge is 0.332 e. The van der Waals surface area contributed by atoms with Gasteiger partial charge in [0.15, 0.2) is 16.3 Å². The number of amides is 1. The quantitative estimate of drug-likeness (QED) is 0.503. The molecule has 0 aliphatic heterocycles. The molecule has 0 bridgehead atoms. The number of imidazole rings is 1. The highest BCUT2D eigenvalue weighted by Crippen LogP contribution is 2.28. The molecule has 0 saturated heterocycles. The van der Waals surface area contributed by atoms with Gasteiger partial charge in [0, 0.05) is 25.0 Å². The number of aromatic nitrogens is 5. The summed E-state index contributed by atoms with van der Waals surface area (Å²) in [5, 5.41) is 5.05. The summed E-state index contributed by atoms with van der Waals surface area (Å²) in [6.07, 6.45) is 1.37. The minimum atomic E-state index is -0.505. The van der Waals surface area contributed by atoms with Crippen molar-refractivity contribution in [2.45, 2.75) is 13.5 Å². The Morgan fingerprint density at radius 3 is 2.71 bits per heavy atom. The summed E-state index contributed by atoms with van der Waals surface area (Å²) in [5.41, 5.74) is 2.08. The number of nitrogens with zero attached hydrogens (tertiary/aromatic N) is 5. The Hall–Kier alpha value is -3.73. The summed E-state index contributed by atoms with van der Waals surface area (Å²) in [4.78, 5) is 45.7. The molecular formula is C20H20N6O4S. The predicted octanol–water partition coefficient (Wildman–Crippen LogP) is 1.51. The minimum Gasteiger partial charge on any atom is -0.496 e. The van der Waals surface area contributed by atoms with Crippen molar-refractivity contribution in [3.8, 4) is 17.0 Å². The molecule has 11 heteroatoms. The molecule has 31 heavy (non-hydrogen) atoms. The second-order valence-corrected chi connectivity index (χ2v) is 7.88. The largest absolute Gasteiger partial charge is 0.496 e. The Kier molecular flexibility index (Phi) is 5.19. The summed E-state index contributed by atoms with van der Waals surface area (Å²) >= 11 is 1.30. The van der Waals surface area contributed by atoms with E-state index in [2.05, 4.69) is 15.3 Å². The van der Waals surface area contributed by atoms with Crippen molar-refractivity contribution in [1.82, 2.24) is 23.7 Å². The van der Waals surface area contributed by atoms with Crippen LogP contribution in [0.2, 0.25) is 0 Å². The van der Waals surface area contributed by atoms with E-state index in [0.29, 0.717) is 5.13 Å². The first-order valence-corrected chi connectivity index (χ1v) is 10.2. The van der Waals surface area contributed by atoms with Crippen LogP contribution in [-0.4, -0.2) is 36.7 Å². The first-order chi connectivity index (χ1) is 14.8. The average molecular weight is 440 g/mol. The van der Waals surface area contributed by atoms with E-state index >= 15 is 0 Å². The lowest BCUT2D eigenvalue weighted by atomic mass is 10.1. The molecule has 1 aromatic carbocycles. The number of carbonyl (C=O) groups is 1. The Balaban J connectivity index is 1.55. The van der Waals surface area contributed by atoms with Gasteiger partial charge in [-0.25, -0.2) is 14.8 Å². The van der Waals surface area contributed by atoms with E-state index in [1.807, 2.05) is 30.5 Å². The van der Waals surface area contributed by atoms with Crippen LogP contribution in [0.1, 0.15) is 5.56 Å². The zero-order valence-electron chi connectivity index (χ0n) is 17.4. The maximum atomic E-state index is 12.6. The molecule has 0 atom stereocenters. The number of carbonyl (C=O) groups excluding carboxylic acids is 1. The van der Waals surface area contributed by atoms with E-state index in [1.165, 1.54) is 40.9 Å². The first kappa shape index (κ1) is 20.5. The maximum Gasteiger partial charge on any atom is 0.332 e. The van der Waals surface area contributed by atoms with Crippen LogP contribution in [0.3, 0.4) is 0 Å². The summed E-state index contributed by atoms with van der Waals surface area (Å²) in [5.74, 6) is 0.436. The number of hydrogen-bond donors (Lipinski definition) is 1. The van der Waals surface area contributed by atoms with Gasteiger partial charge < -0.3 is 14.6 Å². The van der Waals surface area contributed by atoms with Crippen LogP contribution in [0.15, 0.2) is 39.5 Å². The fraction of sp³-hybridized carbons (Fsp3) is 0.250. The number of anilines is 1. The van der Waals surface area contributed by atoms with Gasteiger partial charge in [0.05, 0.1) is 19.1 Å². The molecule has 3 heterocycles. The molecule has 4 rings (SSSR count). The molecule has 1 N–H and O–H groups in total. The van der Waals surface area contributed by atoms with Crippen molar-refractivity contribution in [2.75, 3.05) is 12.4 Å². The zero-order valence-corrected chi connectivity index (χ0v) is 18.2. The molecule has 0 aliphatic rings. The molecule has 160 valence electrons. The Labute approximate surface area is 180 Å². The van der Waals surface area contributed by atoms with E-state index in [-0.39, 0.29) is 23.6 Å². The number of nitrogens with one attached hydrogen (secondary N) is 1. The molecule has 10 nitrogen and oxygen atoms in total. The molecule has 0 radical (unpaired) electrons. The SMILES string of the molecule is COc1ccc(-c2csc(NC(=O)Cn3cnc4c3c(=O)n(C)c(=O)n4C)n2)cc1C. The van der Waals surface area contributed by atoms with Gasteiger partial charge in [0.25, 0.3) is 5.56 Å². The van der Waals surface area contributed by atoms with Crippen molar-refractivity contribution in [2.24, 2.45) is 14.1 Å². The van der Waals surface area contributed by atoms with Gasteiger partial charge in [0.1, 0.15) is 12.3 Å². The summed E-state index contributed by atoms with van der Waals surface area (Å²) in [7, 11) is 4.54. The van der Waals surface area contributed by atoms with Gasteiger partial charge in [0.2, 0.25) is 5.91 Å². The van der Waals surface area contributed by atoms with Crippen molar-refractivity contribution in [3.63, 3.8) is 0 Å². The topological polar surface area (TPSA) is 113 Å². The van der Waals surface area contributed by atoms with Gasteiger partial charge in [-0.05, 0) is 30.7 Å². The average Bonchev–Trinajstić information content (AvgIpc) is 3.38. The van der Waals surface area contributed by atoms with Crippen molar-refractivity contribution in [1.29, 1.82) is 0 Å². The van der Waals surface area contributed by atoms with Crippen LogP contribution in [-0.2, 0) is 25.4 Å². The van der Waals surface area contributed by atoms with Crippen molar-refractivity contribution in [3.05, 3.63) is 56.3 Å². The molecule has 4 aromatic rings. The summed E-state index contributed by atoms with van der Waals surface area (Å²) in [6, 6.07) is 5.75. The van der Waals surface area contributed by atoms with Gasteiger partial charge in [-0.1, -0.05) is 0 Å². The third-order valence-corrected chi connectivity index (χ3v) is 5.73. The second-order valence-electron chi connectivity index (χ2n) is 7.02. The van der Waals surface area contributed by atoms with Crippen LogP contribution in [0.25, 0.3) is 22.4 Å². The van der Waals surface area contributed by atoms with Crippen LogP contribution in [0.5, 0.6) is 5.75 Å². The fourth-order valence-electron chi connectivity index (χ4n) is 3.33. The van der Waals surface area contributed by atoms with E-state index in [0.717, 1.165) is 27.1 Å². The van der Waals surface area contributed by atoms with Crippen molar-refractivity contribution < 1.29 is 9.53 Å². The number of aryl methyl sites for hydroxylation is 2. The number of fused-ring (bicyclic) bond motifs is 1. The van der Waals surface area contributed by atoms with Gasteiger partial charge >= 0.3 is 5.69 Å². The fourth-order valence-corrected chi connectivity index (χ4v) is 4.07. The van der Waals surface area contributed by atoms with Gasteiger partial charge in [-0.3, -0.25) is 18.7 Å². The van der Waals surface area contributed by atoms with Crippen LogP contribution >= 0.6 is 11.3 Å². The number of benzene rings is 1. The molecular weight excluding hydrogens is 420 g/mol. The van der Waals surface area contributed by atoms with Gasteiger partial charge in [-0.15, -0.1) is 11.3 Å². The highest BCUT2D eigenvalue weighted by atomic mass is 32.1. The van der Waals surface area contributed by atoms with E-state index in [9.17, 15) is 14.4 Å². The molecule has 0 saturated carbocycles. The van der Waals surface area contributed by atoms with Crippen LogP contribution in [0.4, 0.5) is 5.13 Å². The monoisotopic (exact) mass is 440 g/mol. The normalized spacial score (nSPS) is 11.1. The van der Waals surface area contributed by atoms with E-state index in [1.54, 1.807) is 7.11 Å². The third kappa shape index (κ3) is 3.63. The molecule has 0 spiro atoms.